The van der Waals surface area contributed by atoms with Gasteiger partial charge in [-0.05, 0) is 13.8 Å². The van der Waals surface area contributed by atoms with E-state index in [0.717, 1.165) is 0 Å². The van der Waals surface area contributed by atoms with Gasteiger partial charge in [0.05, 0.1) is 5.75 Å². The number of carbonyl (C=O) groups is 1. The predicted molar refractivity (Wildman–Crippen MR) is 60.0 cm³/mol. The number of aromatic nitrogens is 2. The summed E-state index contributed by atoms with van der Waals surface area (Å²) in [7, 11) is 0. The van der Waals surface area contributed by atoms with Gasteiger partial charge in [0.1, 0.15) is 6.04 Å². The lowest BCUT2D eigenvalue weighted by molar-refractivity contribution is -0.139. The molecule has 90 valence electrons. The number of hydrogen-bond acceptors (Lipinski definition) is 6. The van der Waals surface area contributed by atoms with E-state index in [-0.39, 0.29) is 0 Å². The van der Waals surface area contributed by atoms with E-state index in [0.29, 0.717) is 17.5 Å². The van der Waals surface area contributed by atoms with Crippen LogP contribution < -0.4 is 5.73 Å². The highest BCUT2D eigenvalue weighted by Crippen LogP contribution is 2.29. The molecule has 1 heterocycles. The quantitative estimate of drug-likeness (QED) is 0.791. The van der Waals surface area contributed by atoms with Gasteiger partial charge in [-0.15, -0.1) is 11.8 Å². The lowest BCUT2D eigenvalue weighted by Crippen LogP contribution is -2.46. The minimum atomic E-state index is -1.01. The number of carboxylic acid groups (broad SMARTS) is 1. The second-order valence-electron chi connectivity index (χ2n) is 3.94. The number of aryl methyl sites for hydroxylation is 1. The number of aliphatic carboxylic acids is 1. The Morgan fingerprint density at radius 2 is 2.31 bits per heavy atom. The fourth-order valence-electron chi connectivity index (χ4n) is 1.04. The fourth-order valence-corrected chi connectivity index (χ4v) is 1.94. The molecular formula is C9H15N3O3S. The topological polar surface area (TPSA) is 102 Å². The SMILES string of the molecule is Cc1nc(CSC(C)(C)[C@@H](N)C(=O)O)no1. The van der Waals surface area contributed by atoms with Gasteiger partial charge in [0.15, 0.2) is 5.82 Å². The van der Waals surface area contributed by atoms with Crippen LogP contribution >= 0.6 is 11.8 Å². The molecule has 3 N–H and O–H groups in total. The van der Waals surface area contributed by atoms with Crippen molar-refractivity contribution in [2.45, 2.75) is 37.3 Å². The number of nitrogens with zero attached hydrogens (tertiary/aromatic N) is 2. The molecule has 0 aliphatic heterocycles. The Bertz CT molecular complexity index is 378. The molecule has 0 saturated carbocycles. The highest BCUT2D eigenvalue weighted by Gasteiger charge is 2.32. The second-order valence-corrected chi connectivity index (χ2v) is 5.57. The molecule has 0 aromatic carbocycles. The van der Waals surface area contributed by atoms with Crippen molar-refractivity contribution < 1.29 is 14.4 Å². The van der Waals surface area contributed by atoms with Crippen LogP contribution in [-0.4, -0.2) is 32.0 Å². The van der Waals surface area contributed by atoms with E-state index in [2.05, 4.69) is 10.1 Å². The van der Waals surface area contributed by atoms with Gasteiger partial charge in [0.2, 0.25) is 5.89 Å². The third-order valence-electron chi connectivity index (χ3n) is 2.16. The van der Waals surface area contributed by atoms with Crippen LogP contribution in [0.15, 0.2) is 4.52 Å². The predicted octanol–water partition coefficient (Wildman–Crippen LogP) is 0.802. The Morgan fingerprint density at radius 1 is 1.69 bits per heavy atom. The van der Waals surface area contributed by atoms with Gasteiger partial charge in [0.25, 0.3) is 0 Å². The summed E-state index contributed by atoms with van der Waals surface area (Å²) in [5.74, 6) is 0.511. The monoisotopic (exact) mass is 245 g/mol. The average Bonchev–Trinajstić information content (AvgIpc) is 2.60. The minimum absolute atomic E-state index is 0.478. The molecule has 0 radical (unpaired) electrons. The van der Waals surface area contributed by atoms with Crippen LogP contribution in [0.3, 0.4) is 0 Å². The summed E-state index contributed by atoms with van der Waals surface area (Å²) in [6.45, 7) is 5.27. The van der Waals surface area contributed by atoms with Crippen LogP contribution in [-0.2, 0) is 10.5 Å². The van der Waals surface area contributed by atoms with Crippen molar-refractivity contribution in [1.82, 2.24) is 10.1 Å². The summed E-state index contributed by atoms with van der Waals surface area (Å²) in [4.78, 5) is 14.8. The van der Waals surface area contributed by atoms with Gasteiger partial charge >= 0.3 is 5.97 Å². The number of carboxylic acids is 1. The lowest BCUT2D eigenvalue weighted by Gasteiger charge is -2.27. The van der Waals surface area contributed by atoms with E-state index in [1.807, 2.05) is 0 Å². The van der Waals surface area contributed by atoms with Crippen LogP contribution in [0, 0.1) is 6.92 Å². The van der Waals surface area contributed by atoms with Crippen LogP contribution in [0.4, 0.5) is 0 Å². The maximum atomic E-state index is 10.8. The minimum Gasteiger partial charge on any atom is -0.480 e. The number of thioether (sulfide) groups is 1. The van der Waals surface area contributed by atoms with Gasteiger partial charge in [0, 0.05) is 11.7 Å². The summed E-state index contributed by atoms with van der Waals surface area (Å²) in [6, 6.07) is -0.925. The third kappa shape index (κ3) is 3.21. The summed E-state index contributed by atoms with van der Waals surface area (Å²) in [5.41, 5.74) is 5.58. The standard InChI is InChI=1S/C9H15N3O3S/c1-5-11-6(12-15-5)4-16-9(2,3)7(10)8(13)14/h7H,4,10H2,1-3H3,(H,13,14)/t7-/m0/s1. The average molecular weight is 245 g/mol. The van der Waals surface area contributed by atoms with Gasteiger partial charge in [-0.1, -0.05) is 5.16 Å². The first-order valence-electron chi connectivity index (χ1n) is 4.74. The summed E-state index contributed by atoms with van der Waals surface area (Å²) >= 11 is 1.39. The van der Waals surface area contributed by atoms with E-state index in [4.69, 9.17) is 15.4 Å². The van der Waals surface area contributed by atoms with Crippen molar-refractivity contribution in [3.63, 3.8) is 0 Å². The Kier molecular flexibility index (Phi) is 3.93. The molecule has 7 heteroatoms. The zero-order valence-electron chi connectivity index (χ0n) is 9.43. The Morgan fingerprint density at radius 3 is 2.75 bits per heavy atom. The molecule has 0 saturated heterocycles. The zero-order valence-corrected chi connectivity index (χ0v) is 10.2. The molecule has 0 fully saturated rings. The second kappa shape index (κ2) is 4.84. The van der Waals surface area contributed by atoms with Gasteiger partial charge < -0.3 is 15.4 Å². The van der Waals surface area contributed by atoms with Crippen molar-refractivity contribution in [2.75, 3.05) is 0 Å². The molecule has 1 rings (SSSR count). The van der Waals surface area contributed by atoms with Crippen molar-refractivity contribution >= 4 is 17.7 Å². The first-order chi connectivity index (χ1) is 7.33. The van der Waals surface area contributed by atoms with Crippen LogP contribution in [0.5, 0.6) is 0 Å². The van der Waals surface area contributed by atoms with E-state index in [1.165, 1.54) is 11.8 Å². The van der Waals surface area contributed by atoms with Gasteiger partial charge in [-0.3, -0.25) is 4.79 Å². The van der Waals surface area contributed by atoms with Crippen molar-refractivity contribution in [2.24, 2.45) is 5.73 Å². The van der Waals surface area contributed by atoms with Crippen LogP contribution in [0.25, 0.3) is 0 Å². The summed E-state index contributed by atoms with van der Waals surface area (Å²) < 4.78 is 4.23. The van der Waals surface area contributed by atoms with E-state index < -0.39 is 16.8 Å². The first-order valence-corrected chi connectivity index (χ1v) is 5.73. The largest absolute Gasteiger partial charge is 0.480 e. The lowest BCUT2D eigenvalue weighted by atomic mass is 10.1. The molecule has 0 unspecified atom stereocenters. The zero-order chi connectivity index (χ0) is 12.3. The number of nitrogens with two attached hydrogens (primary N) is 1. The van der Waals surface area contributed by atoms with Crippen LogP contribution in [0.2, 0.25) is 0 Å². The third-order valence-corrected chi connectivity index (χ3v) is 3.56. The Labute approximate surface area is 97.6 Å². The summed E-state index contributed by atoms with van der Waals surface area (Å²) in [6.07, 6.45) is 0. The molecule has 0 aliphatic carbocycles. The molecule has 0 aliphatic rings. The van der Waals surface area contributed by atoms with E-state index in [9.17, 15) is 4.79 Å². The fraction of sp³-hybridized carbons (Fsp3) is 0.667. The summed E-state index contributed by atoms with van der Waals surface area (Å²) in [5, 5.41) is 12.6. The van der Waals surface area contributed by atoms with Gasteiger partial charge in [-0.25, -0.2) is 0 Å². The normalized spacial score (nSPS) is 13.8. The molecule has 6 nitrogen and oxygen atoms in total. The highest BCUT2D eigenvalue weighted by atomic mass is 32.2. The van der Waals surface area contributed by atoms with Crippen molar-refractivity contribution in [3.8, 4) is 0 Å². The molecule has 16 heavy (non-hydrogen) atoms. The molecular weight excluding hydrogens is 230 g/mol. The van der Waals surface area contributed by atoms with E-state index >= 15 is 0 Å². The number of rotatable bonds is 5. The molecule has 1 aromatic heterocycles. The van der Waals surface area contributed by atoms with Gasteiger partial charge in [-0.2, -0.15) is 4.98 Å². The van der Waals surface area contributed by atoms with Crippen LogP contribution in [0.1, 0.15) is 25.6 Å². The maximum absolute atomic E-state index is 10.8. The van der Waals surface area contributed by atoms with Crippen molar-refractivity contribution in [1.29, 1.82) is 0 Å². The maximum Gasteiger partial charge on any atom is 0.321 e. The first kappa shape index (κ1) is 13.0. The molecule has 0 bridgehead atoms. The highest BCUT2D eigenvalue weighted by molar-refractivity contribution is 7.99. The molecule has 0 amide bonds. The smallest absolute Gasteiger partial charge is 0.321 e. The molecule has 1 aromatic rings. The van der Waals surface area contributed by atoms with Crippen molar-refractivity contribution in [3.05, 3.63) is 11.7 Å². The Hall–Kier alpha value is -1.08. The number of hydrogen-bond donors (Lipinski definition) is 2. The Balaban J connectivity index is 2.57. The molecule has 0 spiro atoms. The molecule has 1 atom stereocenters. The van der Waals surface area contributed by atoms with E-state index in [1.54, 1.807) is 20.8 Å².